The van der Waals surface area contributed by atoms with Gasteiger partial charge >= 0.3 is 6.03 Å². The number of hydrogen-bond acceptors (Lipinski definition) is 10. The predicted molar refractivity (Wildman–Crippen MR) is 179 cm³/mol. The van der Waals surface area contributed by atoms with Crippen molar-refractivity contribution in [2.24, 2.45) is 0 Å². The van der Waals surface area contributed by atoms with Gasteiger partial charge < -0.3 is 29.3 Å². The number of likely N-dealkylation sites (N-methyl/N-ethyl adjacent to an activating group) is 1. The van der Waals surface area contributed by atoms with Gasteiger partial charge in [0.15, 0.2) is 17.2 Å². The number of piperidine rings is 1. The topological polar surface area (TPSA) is 134 Å². The standard InChI is InChI=1S/C34H40F2N6O7S/c1-5-49-31-24(7-6-12-37-31)34(38-33(44)41-13-10-22(11-14-41)40-17-15-39(2)16-18-40)25-20-26(35)27(36)21-28(25)42(32(34)43)50(45,46)30-9-8-23(47-3)19-29(30)48-4/h6-9,12,19-22H,5,10-11,13-18H2,1-4H3,(H,38,44). The lowest BCUT2D eigenvalue weighted by molar-refractivity contribution is -0.121. The molecule has 6 rings (SSSR count). The summed E-state index contributed by atoms with van der Waals surface area (Å²) in [5.41, 5.74) is -3.26. The van der Waals surface area contributed by atoms with E-state index in [1.807, 2.05) is 0 Å². The molecule has 268 valence electrons. The van der Waals surface area contributed by atoms with Gasteiger partial charge in [0.25, 0.3) is 15.9 Å². The molecule has 4 heterocycles. The quantitative estimate of drug-likeness (QED) is 0.353. The molecule has 0 saturated carbocycles. The van der Waals surface area contributed by atoms with Gasteiger partial charge in [0.2, 0.25) is 5.88 Å². The fourth-order valence-corrected chi connectivity index (χ4v) is 8.54. The lowest BCUT2D eigenvalue weighted by Gasteiger charge is -2.42. The highest BCUT2D eigenvalue weighted by Crippen LogP contribution is 2.50. The Morgan fingerprint density at radius 3 is 2.34 bits per heavy atom. The van der Waals surface area contributed by atoms with E-state index < -0.39 is 49.7 Å². The van der Waals surface area contributed by atoms with Crippen molar-refractivity contribution in [3.8, 4) is 17.4 Å². The molecule has 1 N–H and O–H groups in total. The van der Waals surface area contributed by atoms with Gasteiger partial charge in [-0.1, -0.05) is 0 Å². The van der Waals surface area contributed by atoms with Crippen LogP contribution in [0.2, 0.25) is 0 Å². The van der Waals surface area contributed by atoms with Crippen LogP contribution in [0.25, 0.3) is 0 Å². The number of fused-ring (bicyclic) bond motifs is 1. The Labute approximate surface area is 289 Å². The van der Waals surface area contributed by atoms with Crippen LogP contribution in [0, 0.1) is 11.6 Å². The Hall–Kier alpha value is -4.54. The number of piperazine rings is 1. The molecule has 0 bridgehead atoms. The molecule has 50 heavy (non-hydrogen) atoms. The number of likely N-dealkylation sites (tertiary alicyclic amines) is 1. The number of carbonyl (C=O) groups is 2. The molecule has 0 spiro atoms. The van der Waals surface area contributed by atoms with Gasteiger partial charge in [-0.3, -0.25) is 9.69 Å². The first kappa shape index (κ1) is 35.3. The second-order valence-electron chi connectivity index (χ2n) is 12.4. The second kappa shape index (κ2) is 14.0. The van der Waals surface area contributed by atoms with E-state index in [1.54, 1.807) is 11.8 Å². The van der Waals surface area contributed by atoms with E-state index in [9.17, 15) is 13.2 Å². The van der Waals surface area contributed by atoms with E-state index in [2.05, 4.69) is 27.1 Å². The number of nitrogens with one attached hydrogen (secondary N) is 1. The molecule has 1 unspecified atom stereocenters. The summed E-state index contributed by atoms with van der Waals surface area (Å²) < 4.78 is 76.0. The second-order valence-corrected chi connectivity index (χ2v) is 14.2. The Kier molecular flexibility index (Phi) is 9.88. The van der Waals surface area contributed by atoms with Gasteiger partial charge in [-0.05, 0) is 57.1 Å². The summed E-state index contributed by atoms with van der Waals surface area (Å²) in [5, 5.41) is 2.78. The maximum absolute atomic E-state index is 15.2. The maximum Gasteiger partial charge on any atom is 0.318 e. The Balaban J connectivity index is 1.45. The van der Waals surface area contributed by atoms with Gasteiger partial charge in [-0.15, -0.1) is 0 Å². The number of halogens is 2. The van der Waals surface area contributed by atoms with Crippen molar-refractivity contribution in [1.29, 1.82) is 0 Å². The first-order chi connectivity index (χ1) is 24.0. The van der Waals surface area contributed by atoms with E-state index in [0.717, 1.165) is 32.2 Å². The summed E-state index contributed by atoms with van der Waals surface area (Å²) in [6, 6.07) is 7.70. The van der Waals surface area contributed by atoms with Crippen LogP contribution in [0.3, 0.4) is 0 Å². The summed E-state index contributed by atoms with van der Waals surface area (Å²) in [6.07, 6.45) is 2.77. The van der Waals surface area contributed by atoms with Crippen LogP contribution in [-0.4, -0.2) is 113 Å². The normalized spacial score (nSPS) is 20.5. The average Bonchev–Trinajstić information content (AvgIpc) is 3.35. The van der Waals surface area contributed by atoms with Crippen LogP contribution in [-0.2, 0) is 20.4 Å². The average molecular weight is 715 g/mol. The van der Waals surface area contributed by atoms with Gasteiger partial charge in [0.05, 0.1) is 32.1 Å². The lowest BCUT2D eigenvalue weighted by Crippen LogP contribution is -2.59. The molecule has 3 aliphatic rings. The molecule has 3 amide bonds. The number of hydrogen-bond donors (Lipinski definition) is 1. The number of ether oxygens (including phenoxy) is 3. The van der Waals surface area contributed by atoms with Crippen molar-refractivity contribution < 1.29 is 41.0 Å². The number of urea groups is 1. The third-order valence-electron chi connectivity index (χ3n) is 9.61. The third kappa shape index (κ3) is 6.09. The number of anilines is 1. The molecule has 13 nitrogen and oxygen atoms in total. The van der Waals surface area contributed by atoms with Crippen LogP contribution in [0.5, 0.6) is 17.4 Å². The van der Waals surface area contributed by atoms with Crippen molar-refractivity contribution in [3.05, 3.63) is 71.4 Å². The van der Waals surface area contributed by atoms with E-state index in [1.165, 1.54) is 50.7 Å². The SMILES string of the molecule is CCOc1ncccc1C1(NC(=O)N2CCC(N3CCN(C)CC3)CC2)C(=O)N(S(=O)(=O)c2ccc(OC)cc2OC)c2cc(F)c(F)cc21. The monoisotopic (exact) mass is 714 g/mol. The van der Waals surface area contributed by atoms with Crippen LogP contribution in [0.1, 0.15) is 30.9 Å². The fourth-order valence-electron chi connectivity index (χ4n) is 6.94. The van der Waals surface area contributed by atoms with Gasteiger partial charge in [0, 0.05) is 69.2 Å². The summed E-state index contributed by atoms with van der Waals surface area (Å²) in [5.74, 6) is -3.97. The highest BCUT2D eigenvalue weighted by molar-refractivity contribution is 7.93. The molecule has 2 saturated heterocycles. The first-order valence-electron chi connectivity index (χ1n) is 16.4. The number of rotatable bonds is 9. The molecule has 2 aromatic carbocycles. The molecule has 3 aliphatic heterocycles. The van der Waals surface area contributed by atoms with Crippen LogP contribution in [0.4, 0.5) is 19.3 Å². The number of nitrogens with zero attached hydrogens (tertiary/aromatic N) is 5. The largest absolute Gasteiger partial charge is 0.497 e. The predicted octanol–water partition coefficient (Wildman–Crippen LogP) is 3.18. The van der Waals surface area contributed by atoms with E-state index in [0.29, 0.717) is 36.3 Å². The minimum Gasteiger partial charge on any atom is -0.497 e. The smallest absolute Gasteiger partial charge is 0.318 e. The zero-order valence-corrected chi connectivity index (χ0v) is 29.1. The van der Waals surface area contributed by atoms with Crippen molar-refractivity contribution in [2.75, 3.05) is 71.4 Å². The van der Waals surface area contributed by atoms with Crippen molar-refractivity contribution in [3.63, 3.8) is 0 Å². The number of methoxy groups -OCH3 is 2. The fraction of sp³-hybridized carbons (Fsp3) is 0.441. The molecule has 1 aromatic heterocycles. The molecule has 0 aliphatic carbocycles. The third-order valence-corrected chi connectivity index (χ3v) is 11.3. The van der Waals surface area contributed by atoms with Gasteiger partial charge in [-0.25, -0.2) is 27.0 Å². The highest BCUT2D eigenvalue weighted by atomic mass is 32.2. The molecule has 0 radical (unpaired) electrons. The molecular weight excluding hydrogens is 674 g/mol. The number of carbonyl (C=O) groups excluding carboxylic acids is 2. The zero-order valence-electron chi connectivity index (χ0n) is 28.3. The number of amides is 3. The Bertz CT molecular complexity index is 1880. The Morgan fingerprint density at radius 1 is 0.980 bits per heavy atom. The lowest BCUT2D eigenvalue weighted by atomic mass is 9.84. The molecule has 2 fully saturated rings. The number of benzene rings is 2. The van der Waals surface area contributed by atoms with E-state index in [-0.39, 0.29) is 41.2 Å². The molecule has 3 aromatic rings. The molecule has 16 heteroatoms. The van der Waals surface area contributed by atoms with Crippen LogP contribution >= 0.6 is 0 Å². The highest BCUT2D eigenvalue weighted by Gasteiger charge is 2.59. The maximum atomic E-state index is 15.2. The summed E-state index contributed by atoms with van der Waals surface area (Å²) in [7, 11) is -0.198. The van der Waals surface area contributed by atoms with Crippen LogP contribution < -0.4 is 23.8 Å². The number of aromatic nitrogens is 1. The number of sulfonamides is 1. The van der Waals surface area contributed by atoms with Gasteiger partial charge in [0.1, 0.15) is 16.4 Å². The molecule has 1 atom stereocenters. The summed E-state index contributed by atoms with van der Waals surface area (Å²) in [6.45, 7) is 6.25. The van der Waals surface area contributed by atoms with Crippen molar-refractivity contribution in [1.82, 2.24) is 25.0 Å². The minimum absolute atomic E-state index is 0.0563. The minimum atomic E-state index is -4.91. The van der Waals surface area contributed by atoms with E-state index in [4.69, 9.17) is 14.2 Å². The van der Waals surface area contributed by atoms with Crippen molar-refractivity contribution in [2.45, 2.75) is 36.2 Å². The first-order valence-corrected chi connectivity index (χ1v) is 17.8. The summed E-state index contributed by atoms with van der Waals surface area (Å²) in [4.78, 5) is 39.3. The van der Waals surface area contributed by atoms with Crippen molar-refractivity contribution >= 4 is 27.6 Å². The number of pyridine rings is 1. The molecular formula is C34H40F2N6O7S. The Morgan fingerprint density at radius 2 is 1.68 bits per heavy atom. The summed E-state index contributed by atoms with van der Waals surface area (Å²) >= 11 is 0. The van der Waals surface area contributed by atoms with E-state index >= 15 is 13.6 Å². The van der Waals surface area contributed by atoms with Crippen LogP contribution in [0.15, 0.2) is 53.6 Å². The zero-order chi connectivity index (χ0) is 35.8. The van der Waals surface area contributed by atoms with Gasteiger partial charge in [-0.2, -0.15) is 4.31 Å².